The van der Waals surface area contributed by atoms with Gasteiger partial charge in [0.2, 0.25) is 0 Å². The minimum absolute atomic E-state index is 0.0610. The second-order valence-electron chi connectivity index (χ2n) is 3.93. The molecule has 3 N–H and O–H groups in total. The number of carbonyl (C=O) groups excluding carboxylic acids is 2. The molecule has 0 aliphatic rings. The summed E-state index contributed by atoms with van der Waals surface area (Å²) in [6.45, 7) is 3.52. The number of nitrogens with one attached hydrogen (secondary N) is 1. The number of aromatic nitrogens is 1. The zero-order valence-electron chi connectivity index (χ0n) is 10.5. The molecule has 0 saturated carbocycles. The second-order valence-corrected chi connectivity index (χ2v) is 3.93. The molecule has 1 aromatic rings. The van der Waals surface area contributed by atoms with E-state index in [0.29, 0.717) is 5.69 Å². The number of hydrogen-bond donors (Lipinski definition) is 2. The van der Waals surface area contributed by atoms with Gasteiger partial charge in [0.15, 0.2) is 6.61 Å². The van der Waals surface area contributed by atoms with Gasteiger partial charge in [0.25, 0.3) is 5.91 Å². The van der Waals surface area contributed by atoms with Gasteiger partial charge in [-0.25, -0.2) is 9.78 Å². The molecule has 0 aliphatic heterocycles. The highest BCUT2D eigenvalue weighted by Crippen LogP contribution is 2.02. The molecule has 6 heteroatoms. The van der Waals surface area contributed by atoms with Gasteiger partial charge in [0.1, 0.15) is 5.69 Å². The van der Waals surface area contributed by atoms with Gasteiger partial charge in [0, 0.05) is 6.04 Å². The number of nitrogen functional groups attached to an aromatic ring is 1. The van der Waals surface area contributed by atoms with Crippen molar-refractivity contribution in [3.8, 4) is 0 Å². The highest BCUT2D eigenvalue weighted by molar-refractivity contribution is 5.89. The van der Waals surface area contributed by atoms with Crippen molar-refractivity contribution in [2.24, 2.45) is 0 Å². The number of hydrogen-bond acceptors (Lipinski definition) is 5. The second kappa shape index (κ2) is 6.58. The molecule has 1 rings (SSSR count). The summed E-state index contributed by atoms with van der Waals surface area (Å²) in [6, 6.07) is 3.05. The van der Waals surface area contributed by atoms with E-state index in [0.717, 1.165) is 6.42 Å². The van der Waals surface area contributed by atoms with Crippen molar-refractivity contribution in [3.05, 3.63) is 24.0 Å². The number of rotatable bonds is 5. The van der Waals surface area contributed by atoms with Crippen LogP contribution < -0.4 is 11.1 Å². The van der Waals surface area contributed by atoms with Crippen molar-refractivity contribution >= 4 is 17.6 Å². The number of nitrogens with zero attached hydrogens (tertiary/aromatic N) is 1. The Morgan fingerprint density at radius 2 is 2.22 bits per heavy atom. The summed E-state index contributed by atoms with van der Waals surface area (Å²) >= 11 is 0. The van der Waals surface area contributed by atoms with Crippen LogP contribution in [0.5, 0.6) is 0 Å². The number of anilines is 1. The Bertz CT molecular complexity index is 417. The number of ether oxygens (including phenoxy) is 1. The lowest BCUT2D eigenvalue weighted by Gasteiger charge is -2.11. The summed E-state index contributed by atoms with van der Waals surface area (Å²) < 4.78 is 4.82. The maximum Gasteiger partial charge on any atom is 0.357 e. The molecule has 0 aromatic carbocycles. The molecule has 0 radical (unpaired) electrons. The Hall–Kier alpha value is -2.11. The van der Waals surface area contributed by atoms with Crippen LogP contribution in [0.15, 0.2) is 18.3 Å². The fourth-order valence-corrected chi connectivity index (χ4v) is 1.15. The Balaban J connectivity index is 2.41. The maximum absolute atomic E-state index is 11.5. The quantitative estimate of drug-likeness (QED) is 0.752. The van der Waals surface area contributed by atoms with Crippen LogP contribution in [0.3, 0.4) is 0 Å². The summed E-state index contributed by atoms with van der Waals surface area (Å²) in [6.07, 6.45) is 2.18. The van der Waals surface area contributed by atoms with Crippen molar-refractivity contribution in [2.75, 3.05) is 12.3 Å². The average Bonchev–Trinajstić information content (AvgIpc) is 2.36. The summed E-state index contributed by atoms with van der Waals surface area (Å²) in [5.41, 5.74) is 6.03. The third-order valence-electron chi connectivity index (χ3n) is 2.35. The number of carbonyl (C=O) groups is 2. The van der Waals surface area contributed by atoms with Gasteiger partial charge in [-0.2, -0.15) is 0 Å². The van der Waals surface area contributed by atoms with E-state index in [2.05, 4.69) is 10.3 Å². The molecule has 0 bridgehead atoms. The van der Waals surface area contributed by atoms with Crippen LogP contribution in [-0.4, -0.2) is 29.5 Å². The van der Waals surface area contributed by atoms with E-state index in [-0.39, 0.29) is 24.2 Å². The first kappa shape index (κ1) is 14.0. The van der Waals surface area contributed by atoms with Gasteiger partial charge < -0.3 is 15.8 Å². The fraction of sp³-hybridized carbons (Fsp3) is 0.417. The molecule has 1 unspecified atom stereocenters. The largest absolute Gasteiger partial charge is 0.451 e. The first-order chi connectivity index (χ1) is 8.52. The smallest absolute Gasteiger partial charge is 0.357 e. The van der Waals surface area contributed by atoms with Crippen molar-refractivity contribution < 1.29 is 14.3 Å². The van der Waals surface area contributed by atoms with Crippen LogP contribution in [-0.2, 0) is 9.53 Å². The summed E-state index contributed by atoms with van der Waals surface area (Å²) in [7, 11) is 0. The van der Waals surface area contributed by atoms with Crippen LogP contribution in [0, 0.1) is 0 Å². The van der Waals surface area contributed by atoms with Gasteiger partial charge in [0.05, 0.1) is 11.9 Å². The first-order valence-corrected chi connectivity index (χ1v) is 5.71. The predicted octanol–water partition coefficient (Wildman–Crippen LogP) is 0.735. The number of esters is 1. The molecular formula is C12H17N3O3. The van der Waals surface area contributed by atoms with Crippen molar-refractivity contribution in [2.45, 2.75) is 26.3 Å². The molecule has 1 atom stereocenters. The lowest BCUT2D eigenvalue weighted by atomic mass is 10.2. The molecule has 0 spiro atoms. The predicted molar refractivity (Wildman–Crippen MR) is 66.8 cm³/mol. The van der Waals surface area contributed by atoms with Crippen LogP contribution in [0.1, 0.15) is 30.8 Å². The lowest BCUT2D eigenvalue weighted by molar-refractivity contribution is -0.124. The van der Waals surface area contributed by atoms with Gasteiger partial charge in [-0.15, -0.1) is 0 Å². The Labute approximate surface area is 106 Å². The minimum Gasteiger partial charge on any atom is -0.451 e. The molecule has 6 nitrogen and oxygen atoms in total. The minimum atomic E-state index is -0.644. The monoisotopic (exact) mass is 251 g/mol. The van der Waals surface area contributed by atoms with E-state index >= 15 is 0 Å². The van der Waals surface area contributed by atoms with E-state index in [1.807, 2.05) is 13.8 Å². The van der Waals surface area contributed by atoms with E-state index in [1.54, 1.807) is 6.07 Å². The molecular weight excluding hydrogens is 234 g/mol. The van der Waals surface area contributed by atoms with Gasteiger partial charge in [-0.1, -0.05) is 6.92 Å². The molecule has 0 aliphatic carbocycles. The van der Waals surface area contributed by atoms with Crippen molar-refractivity contribution in [1.82, 2.24) is 10.3 Å². The normalized spacial score (nSPS) is 11.7. The molecule has 98 valence electrons. The molecule has 0 saturated heterocycles. The van der Waals surface area contributed by atoms with Crippen molar-refractivity contribution in [3.63, 3.8) is 0 Å². The summed E-state index contributed by atoms with van der Waals surface area (Å²) in [5, 5.41) is 2.69. The van der Waals surface area contributed by atoms with Crippen LogP contribution >= 0.6 is 0 Å². The molecule has 0 fully saturated rings. The zero-order valence-corrected chi connectivity index (χ0v) is 10.5. The van der Waals surface area contributed by atoms with Gasteiger partial charge >= 0.3 is 5.97 Å². The summed E-state index contributed by atoms with van der Waals surface area (Å²) in [5.74, 6) is -0.970. The fourth-order valence-electron chi connectivity index (χ4n) is 1.15. The van der Waals surface area contributed by atoms with Crippen molar-refractivity contribution in [1.29, 1.82) is 0 Å². The average molecular weight is 251 g/mol. The van der Waals surface area contributed by atoms with Gasteiger partial charge in [-0.3, -0.25) is 4.79 Å². The van der Waals surface area contributed by atoms with Crippen LogP contribution in [0.25, 0.3) is 0 Å². The first-order valence-electron chi connectivity index (χ1n) is 5.71. The molecule has 18 heavy (non-hydrogen) atoms. The number of amides is 1. The third-order valence-corrected chi connectivity index (χ3v) is 2.35. The van der Waals surface area contributed by atoms with Gasteiger partial charge in [-0.05, 0) is 25.5 Å². The van der Waals surface area contributed by atoms with Crippen LogP contribution in [0.2, 0.25) is 0 Å². The maximum atomic E-state index is 11.5. The van der Waals surface area contributed by atoms with E-state index in [4.69, 9.17) is 10.5 Å². The van der Waals surface area contributed by atoms with E-state index in [1.165, 1.54) is 12.3 Å². The molecule has 1 heterocycles. The third kappa shape index (κ3) is 4.40. The standard InChI is InChI=1S/C12H17N3O3/c1-3-8(2)15-11(16)7-18-12(17)10-5-4-9(13)6-14-10/h4-6,8H,3,7,13H2,1-2H3,(H,15,16). The molecule has 1 aromatic heterocycles. The Morgan fingerprint density at radius 3 is 2.78 bits per heavy atom. The number of nitrogens with two attached hydrogens (primary N) is 1. The zero-order chi connectivity index (χ0) is 13.5. The van der Waals surface area contributed by atoms with Crippen LogP contribution in [0.4, 0.5) is 5.69 Å². The summed E-state index contributed by atoms with van der Waals surface area (Å²) in [4.78, 5) is 26.7. The lowest BCUT2D eigenvalue weighted by Crippen LogP contribution is -2.35. The highest BCUT2D eigenvalue weighted by atomic mass is 16.5. The molecule has 1 amide bonds. The van der Waals surface area contributed by atoms with E-state index < -0.39 is 5.97 Å². The Kier molecular flexibility index (Phi) is 5.10. The topological polar surface area (TPSA) is 94.3 Å². The van der Waals surface area contributed by atoms with E-state index in [9.17, 15) is 9.59 Å². The highest BCUT2D eigenvalue weighted by Gasteiger charge is 2.12. The Morgan fingerprint density at radius 1 is 1.50 bits per heavy atom. The SMILES string of the molecule is CCC(C)NC(=O)COC(=O)c1ccc(N)cn1. The number of pyridine rings is 1.